The summed E-state index contributed by atoms with van der Waals surface area (Å²) >= 11 is 6.17. The van der Waals surface area contributed by atoms with Crippen LogP contribution < -0.4 is 10.5 Å². The summed E-state index contributed by atoms with van der Waals surface area (Å²) in [6.07, 6.45) is 5.16. The Hall–Kier alpha value is -0.730. The first-order valence-electron chi connectivity index (χ1n) is 5.88. The van der Waals surface area contributed by atoms with Crippen LogP contribution in [0.2, 0.25) is 5.02 Å². The number of rotatable bonds is 3. The molecule has 88 valence electrons. The molecule has 0 aliphatic heterocycles. The highest BCUT2D eigenvalue weighted by Gasteiger charge is 2.17. The van der Waals surface area contributed by atoms with Gasteiger partial charge < -0.3 is 10.5 Å². The molecule has 2 N–H and O–H groups in total. The predicted molar refractivity (Wildman–Crippen MR) is 66.9 cm³/mol. The Labute approximate surface area is 102 Å². The first-order valence-corrected chi connectivity index (χ1v) is 6.26. The van der Waals surface area contributed by atoms with Crippen molar-refractivity contribution < 1.29 is 4.74 Å². The van der Waals surface area contributed by atoms with Crippen molar-refractivity contribution in [1.82, 2.24) is 0 Å². The molecule has 2 rings (SSSR count). The van der Waals surface area contributed by atoms with Crippen molar-refractivity contribution >= 4 is 11.6 Å². The molecule has 2 nitrogen and oxygen atoms in total. The Bertz CT molecular complexity index is 359. The molecule has 0 saturated heterocycles. The van der Waals surface area contributed by atoms with Crippen LogP contribution in [0, 0.1) is 0 Å². The first-order chi connectivity index (χ1) is 7.66. The summed E-state index contributed by atoms with van der Waals surface area (Å²) < 4.78 is 5.87. The largest absolute Gasteiger partial charge is 0.489 e. The van der Waals surface area contributed by atoms with E-state index in [4.69, 9.17) is 22.1 Å². The van der Waals surface area contributed by atoms with E-state index in [1.807, 2.05) is 25.1 Å². The number of halogens is 1. The van der Waals surface area contributed by atoms with Crippen LogP contribution in [0.25, 0.3) is 0 Å². The lowest BCUT2D eigenvalue weighted by Crippen LogP contribution is -2.11. The second kappa shape index (κ2) is 5.07. The van der Waals surface area contributed by atoms with Gasteiger partial charge in [-0.15, -0.1) is 0 Å². The predicted octanol–water partition coefficient (Wildman–Crippen LogP) is 3.68. The molecule has 0 spiro atoms. The number of hydrogen-bond donors (Lipinski definition) is 1. The highest BCUT2D eigenvalue weighted by molar-refractivity contribution is 6.32. The lowest BCUT2D eigenvalue weighted by atomic mass is 10.1. The van der Waals surface area contributed by atoms with E-state index in [0.717, 1.165) is 24.2 Å². The summed E-state index contributed by atoms with van der Waals surface area (Å²) in [7, 11) is 0. The molecule has 0 bridgehead atoms. The second-order valence-corrected chi connectivity index (χ2v) is 4.91. The van der Waals surface area contributed by atoms with Crippen LogP contribution in [0.1, 0.15) is 44.2 Å². The van der Waals surface area contributed by atoms with Crippen LogP contribution >= 0.6 is 11.6 Å². The Morgan fingerprint density at radius 1 is 1.38 bits per heavy atom. The Kier molecular flexibility index (Phi) is 3.72. The van der Waals surface area contributed by atoms with Gasteiger partial charge in [0.15, 0.2) is 0 Å². The van der Waals surface area contributed by atoms with Crippen LogP contribution in [-0.4, -0.2) is 6.10 Å². The number of nitrogens with two attached hydrogens (primary N) is 1. The second-order valence-electron chi connectivity index (χ2n) is 4.50. The number of benzene rings is 1. The maximum Gasteiger partial charge on any atom is 0.138 e. The summed E-state index contributed by atoms with van der Waals surface area (Å²) in [5, 5.41) is 0.668. The molecule has 3 heteroatoms. The van der Waals surface area contributed by atoms with E-state index in [-0.39, 0.29) is 6.04 Å². The van der Waals surface area contributed by atoms with Crippen molar-refractivity contribution in [3.05, 3.63) is 28.8 Å². The minimum absolute atomic E-state index is 0.0121. The molecule has 16 heavy (non-hydrogen) atoms. The first kappa shape index (κ1) is 11.7. The number of ether oxygens (including phenoxy) is 1. The molecule has 1 aromatic rings. The van der Waals surface area contributed by atoms with Gasteiger partial charge in [0.2, 0.25) is 0 Å². The smallest absolute Gasteiger partial charge is 0.138 e. The van der Waals surface area contributed by atoms with E-state index in [2.05, 4.69) is 0 Å². The van der Waals surface area contributed by atoms with Crippen molar-refractivity contribution in [3.8, 4) is 5.75 Å². The van der Waals surface area contributed by atoms with E-state index >= 15 is 0 Å². The molecule has 1 atom stereocenters. The van der Waals surface area contributed by atoms with Gasteiger partial charge in [0, 0.05) is 6.04 Å². The molecular formula is C13H18ClNO. The number of hydrogen-bond acceptors (Lipinski definition) is 2. The zero-order chi connectivity index (χ0) is 11.5. The summed E-state index contributed by atoms with van der Waals surface area (Å²) in [4.78, 5) is 0. The minimum Gasteiger partial charge on any atom is -0.489 e. The Morgan fingerprint density at radius 2 is 2.06 bits per heavy atom. The van der Waals surface area contributed by atoms with Gasteiger partial charge in [0.25, 0.3) is 0 Å². The van der Waals surface area contributed by atoms with Crippen LogP contribution in [0.3, 0.4) is 0 Å². The van der Waals surface area contributed by atoms with Crippen molar-refractivity contribution in [2.24, 2.45) is 5.73 Å². The lowest BCUT2D eigenvalue weighted by Gasteiger charge is -2.15. The summed E-state index contributed by atoms with van der Waals surface area (Å²) in [5.74, 6) is 0.790. The highest BCUT2D eigenvalue weighted by Crippen LogP contribution is 2.31. The normalized spacial score (nSPS) is 18.7. The quantitative estimate of drug-likeness (QED) is 0.873. The van der Waals surface area contributed by atoms with Gasteiger partial charge in [-0.1, -0.05) is 17.7 Å². The SMILES string of the molecule is C[C@@H](N)c1ccc(OC2CCCC2)c(Cl)c1. The maximum absolute atomic E-state index is 6.17. The molecule has 0 radical (unpaired) electrons. The Morgan fingerprint density at radius 3 is 2.62 bits per heavy atom. The van der Waals surface area contributed by atoms with Crippen molar-refractivity contribution in [3.63, 3.8) is 0 Å². The van der Waals surface area contributed by atoms with Gasteiger partial charge in [-0.05, 0) is 50.3 Å². The average Bonchev–Trinajstić information content (AvgIpc) is 2.73. The average molecular weight is 240 g/mol. The molecule has 1 aliphatic rings. The molecular weight excluding hydrogens is 222 g/mol. The van der Waals surface area contributed by atoms with Gasteiger partial charge in [-0.25, -0.2) is 0 Å². The fourth-order valence-electron chi connectivity index (χ4n) is 2.08. The topological polar surface area (TPSA) is 35.2 Å². The van der Waals surface area contributed by atoms with Crippen LogP contribution in [0.5, 0.6) is 5.75 Å². The van der Waals surface area contributed by atoms with Crippen LogP contribution in [0.15, 0.2) is 18.2 Å². The van der Waals surface area contributed by atoms with E-state index in [9.17, 15) is 0 Å². The third-order valence-electron chi connectivity index (χ3n) is 3.08. The van der Waals surface area contributed by atoms with E-state index in [1.165, 1.54) is 12.8 Å². The standard InChI is InChI=1S/C13H18ClNO/c1-9(15)10-6-7-13(12(14)8-10)16-11-4-2-3-5-11/h6-9,11H,2-5,15H2,1H3/t9-/m1/s1. The molecule has 1 saturated carbocycles. The van der Waals surface area contributed by atoms with Crippen LogP contribution in [-0.2, 0) is 0 Å². The third-order valence-corrected chi connectivity index (χ3v) is 3.37. The molecule has 1 aromatic carbocycles. The molecule has 0 heterocycles. The molecule has 1 aliphatic carbocycles. The van der Waals surface area contributed by atoms with Crippen LogP contribution in [0.4, 0.5) is 0 Å². The van der Waals surface area contributed by atoms with Crippen molar-refractivity contribution in [2.75, 3.05) is 0 Å². The van der Waals surface area contributed by atoms with Crippen molar-refractivity contribution in [2.45, 2.75) is 44.8 Å². The lowest BCUT2D eigenvalue weighted by molar-refractivity contribution is 0.210. The molecule has 0 unspecified atom stereocenters. The van der Waals surface area contributed by atoms with Gasteiger partial charge in [-0.2, -0.15) is 0 Å². The fourth-order valence-corrected chi connectivity index (χ4v) is 2.32. The molecule has 1 fully saturated rings. The highest BCUT2D eigenvalue weighted by atomic mass is 35.5. The van der Waals surface area contributed by atoms with E-state index < -0.39 is 0 Å². The zero-order valence-corrected chi connectivity index (χ0v) is 10.3. The third kappa shape index (κ3) is 2.69. The monoisotopic (exact) mass is 239 g/mol. The summed E-state index contributed by atoms with van der Waals surface area (Å²) in [5.41, 5.74) is 6.84. The fraction of sp³-hybridized carbons (Fsp3) is 0.538. The Balaban J connectivity index is 2.09. The van der Waals surface area contributed by atoms with Crippen molar-refractivity contribution in [1.29, 1.82) is 0 Å². The van der Waals surface area contributed by atoms with Gasteiger partial charge >= 0.3 is 0 Å². The summed E-state index contributed by atoms with van der Waals surface area (Å²) in [6, 6.07) is 5.83. The van der Waals surface area contributed by atoms with Gasteiger partial charge in [0.05, 0.1) is 11.1 Å². The van der Waals surface area contributed by atoms with E-state index in [1.54, 1.807) is 0 Å². The van der Waals surface area contributed by atoms with Gasteiger partial charge in [0.1, 0.15) is 5.75 Å². The maximum atomic E-state index is 6.17. The van der Waals surface area contributed by atoms with E-state index in [0.29, 0.717) is 11.1 Å². The molecule has 0 aromatic heterocycles. The van der Waals surface area contributed by atoms with Gasteiger partial charge in [-0.3, -0.25) is 0 Å². The molecule has 0 amide bonds. The summed E-state index contributed by atoms with van der Waals surface area (Å²) in [6.45, 7) is 1.95. The minimum atomic E-state index is 0.0121. The zero-order valence-electron chi connectivity index (χ0n) is 9.58.